The number of carbonyl (C=O) groups is 1. The van der Waals surface area contributed by atoms with Crippen molar-refractivity contribution in [3.05, 3.63) is 22.7 Å². The molecule has 0 unspecified atom stereocenters. The number of rotatable bonds is 5. The molecule has 116 valence electrons. The molecule has 1 aliphatic rings. The predicted octanol–water partition coefficient (Wildman–Crippen LogP) is 0.921. The first-order valence-electron chi connectivity index (χ1n) is 6.82. The van der Waals surface area contributed by atoms with Crippen molar-refractivity contribution in [2.45, 2.75) is 39.0 Å². The minimum atomic E-state index is -0.515. The van der Waals surface area contributed by atoms with Crippen LogP contribution in [0, 0.1) is 5.92 Å². The van der Waals surface area contributed by atoms with E-state index in [0.717, 1.165) is 0 Å². The molecule has 2 rings (SSSR count). The Bertz CT molecular complexity index is 557. The van der Waals surface area contributed by atoms with Gasteiger partial charge in [-0.1, -0.05) is 13.8 Å². The number of nitrogens with zero attached hydrogens (tertiary/aromatic N) is 2. The number of esters is 1. The Hall–Kier alpha value is -1.93. The van der Waals surface area contributed by atoms with E-state index in [4.69, 9.17) is 14.7 Å². The molecule has 0 amide bonds. The van der Waals surface area contributed by atoms with E-state index in [1.807, 2.05) is 5.48 Å². The molecule has 8 nitrogen and oxygen atoms in total. The van der Waals surface area contributed by atoms with Gasteiger partial charge in [-0.05, 0) is 18.9 Å². The number of aromatic nitrogens is 2. The standard InChI is InChI=1S/C13H19N3O5/c1-8(2)12(17)20-7-9-3-4-11(21-9)16-6-5-10(15-19)14-13(16)18/h5-6,8-9,11,19H,3-4,7H2,1-2H3,(H,14,15,18)/t9-,11+/m0/s1. The number of hydrogen-bond acceptors (Lipinski definition) is 7. The molecule has 2 heterocycles. The van der Waals surface area contributed by atoms with Crippen molar-refractivity contribution in [2.24, 2.45) is 5.92 Å². The summed E-state index contributed by atoms with van der Waals surface area (Å²) in [7, 11) is 0. The Balaban J connectivity index is 1.93. The topological polar surface area (TPSA) is 103 Å². The zero-order valence-electron chi connectivity index (χ0n) is 12.0. The van der Waals surface area contributed by atoms with Crippen molar-refractivity contribution in [1.82, 2.24) is 9.55 Å². The van der Waals surface area contributed by atoms with E-state index in [9.17, 15) is 9.59 Å². The second-order valence-corrected chi connectivity index (χ2v) is 5.19. The lowest BCUT2D eigenvalue weighted by Crippen LogP contribution is -2.28. The van der Waals surface area contributed by atoms with E-state index in [1.54, 1.807) is 13.8 Å². The van der Waals surface area contributed by atoms with Gasteiger partial charge in [0.05, 0.1) is 12.0 Å². The van der Waals surface area contributed by atoms with Crippen LogP contribution in [-0.4, -0.2) is 33.4 Å². The molecular formula is C13H19N3O5. The number of nitrogens with one attached hydrogen (secondary N) is 1. The van der Waals surface area contributed by atoms with Gasteiger partial charge < -0.3 is 9.47 Å². The van der Waals surface area contributed by atoms with Gasteiger partial charge in [0.2, 0.25) is 0 Å². The summed E-state index contributed by atoms with van der Waals surface area (Å²) in [5, 5.41) is 8.69. The van der Waals surface area contributed by atoms with Gasteiger partial charge >= 0.3 is 11.7 Å². The maximum absolute atomic E-state index is 11.8. The van der Waals surface area contributed by atoms with Gasteiger partial charge in [0.15, 0.2) is 5.82 Å². The van der Waals surface area contributed by atoms with Crippen LogP contribution in [0.15, 0.2) is 17.1 Å². The lowest BCUT2D eigenvalue weighted by Gasteiger charge is -2.16. The molecule has 0 radical (unpaired) electrons. The van der Waals surface area contributed by atoms with Crippen LogP contribution < -0.4 is 11.2 Å². The third-order valence-corrected chi connectivity index (χ3v) is 3.22. The lowest BCUT2D eigenvalue weighted by molar-refractivity contribution is -0.152. The highest BCUT2D eigenvalue weighted by Gasteiger charge is 2.28. The monoisotopic (exact) mass is 297 g/mol. The molecule has 1 aliphatic heterocycles. The van der Waals surface area contributed by atoms with E-state index < -0.39 is 11.9 Å². The zero-order valence-corrected chi connectivity index (χ0v) is 12.0. The van der Waals surface area contributed by atoms with Crippen molar-refractivity contribution in [2.75, 3.05) is 12.1 Å². The molecular weight excluding hydrogens is 278 g/mol. The van der Waals surface area contributed by atoms with Crippen LogP contribution >= 0.6 is 0 Å². The molecule has 2 atom stereocenters. The third-order valence-electron chi connectivity index (χ3n) is 3.22. The molecule has 21 heavy (non-hydrogen) atoms. The van der Waals surface area contributed by atoms with Gasteiger partial charge in [0.1, 0.15) is 12.8 Å². The Kier molecular flexibility index (Phi) is 4.92. The average molecular weight is 297 g/mol. The van der Waals surface area contributed by atoms with Gasteiger partial charge in [-0.3, -0.25) is 20.0 Å². The molecule has 0 spiro atoms. The molecule has 1 aromatic heterocycles. The van der Waals surface area contributed by atoms with Crippen LogP contribution in [0.3, 0.4) is 0 Å². The van der Waals surface area contributed by atoms with Crippen molar-refractivity contribution < 1.29 is 19.5 Å². The maximum Gasteiger partial charge on any atom is 0.351 e. The first-order valence-corrected chi connectivity index (χ1v) is 6.82. The molecule has 0 bridgehead atoms. The van der Waals surface area contributed by atoms with Crippen LogP contribution in [0.2, 0.25) is 0 Å². The van der Waals surface area contributed by atoms with Crippen LogP contribution in [0.5, 0.6) is 0 Å². The normalized spacial score (nSPS) is 21.5. The van der Waals surface area contributed by atoms with Crippen molar-refractivity contribution in [3.8, 4) is 0 Å². The average Bonchev–Trinajstić information content (AvgIpc) is 2.92. The summed E-state index contributed by atoms with van der Waals surface area (Å²) < 4.78 is 12.2. The highest BCUT2D eigenvalue weighted by molar-refractivity contribution is 5.71. The van der Waals surface area contributed by atoms with Gasteiger partial charge in [-0.25, -0.2) is 4.79 Å². The van der Waals surface area contributed by atoms with Crippen LogP contribution in [0.25, 0.3) is 0 Å². The minimum absolute atomic E-state index is 0.0802. The van der Waals surface area contributed by atoms with E-state index in [0.29, 0.717) is 12.8 Å². The molecule has 1 saturated heterocycles. The SMILES string of the molecule is CC(C)C(=O)OC[C@@H]1CC[C@H](n2ccc(NO)nc2=O)O1. The second kappa shape index (κ2) is 6.68. The Labute approximate surface area is 121 Å². The van der Waals surface area contributed by atoms with E-state index in [-0.39, 0.29) is 30.4 Å². The summed E-state index contributed by atoms with van der Waals surface area (Å²) in [4.78, 5) is 26.8. The smallest absolute Gasteiger partial charge is 0.351 e. The van der Waals surface area contributed by atoms with Crippen molar-refractivity contribution in [3.63, 3.8) is 0 Å². The number of hydrogen-bond donors (Lipinski definition) is 2. The van der Waals surface area contributed by atoms with Gasteiger partial charge in [0, 0.05) is 6.20 Å². The molecule has 8 heteroatoms. The first kappa shape index (κ1) is 15.5. The van der Waals surface area contributed by atoms with Crippen LogP contribution in [-0.2, 0) is 14.3 Å². The van der Waals surface area contributed by atoms with E-state index in [1.165, 1.54) is 16.8 Å². The summed E-state index contributed by atoms with van der Waals surface area (Å²) in [5.41, 5.74) is 1.30. The summed E-state index contributed by atoms with van der Waals surface area (Å²) in [6, 6.07) is 1.47. The fourth-order valence-corrected chi connectivity index (χ4v) is 2.05. The molecule has 0 aliphatic carbocycles. The highest BCUT2D eigenvalue weighted by Crippen LogP contribution is 2.27. The Morgan fingerprint density at radius 1 is 1.62 bits per heavy atom. The van der Waals surface area contributed by atoms with Gasteiger partial charge in [-0.15, -0.1) is 0 Å². The van der Waals surface area contributed by atoms with Crippen molar-refractivity contribution >= 4 is 11.8 Å². The summed E-state index contributed by atoms with van der Waals surface area (Å²) in [5.74, 6) is -0.358. The fraction of sp³-hybridized carbons (Fsp3) is 0.615. The predicted molar refractivity (Wildman–Crippen MR) is 72.8 cm³/mol. The van der Waals surface area contributed by atoms with Crippen molar-refractivity contribution in [1.29, 1.82) is 0 Å². The lowest BCUT2D eigenvalue weighted by atomic mass is 10.2. The zero-order chi connectivity index (χ0) is 15.4. The maximum atomic E-state index is 11.8. The van der Waals surface area contributed by atoms with Gasteiger partial charge in [-0.2, -0.15) is 4.98 Å². The quantitative estimate of drug-likeness (QED) is 0.615. The molecule has 0 aromatic carbocycles. The summed E-state index contributed by atoms with van der Waals surface area (Å²) in [6.45, 7) is 3.72. The Morgan fingerprint density at radius 3 is 3.00 bits per heavy atom. The third kappa shape index (κ3) is 3.79. The summed E-state index contributed by atoms with van der Waals surface area (Å²) in [6.07, 6.45) is 2.18. The van der Waals surface area contributed by atoms with Crippen LogP contribution in [0.1, 0.15) is 32.9 Å². The first-order chi connectivity index (χ1) is 10.0. The second-order valence-electron chi connectivity index (χ2n) is 5.19. The fourth-order valence-electron chi connectivity index (χ4n) is 2.05. The van der Waals surface area contributed by atoms with E-state index in [2.05, 4.69) is 4.98 Å². The minimum Gasteiger partial charge on any atom is -0.463 e. The Morgan fingerprint density at radius 2 is 2.38 bits per heavy atom. The largest absolute Gasteiger partial charge is 0.463 e. The molecule has 2 N–H and O–H groups in total. The van der Waals surface area contributed by atoms with Gasteiger partial charge in [0.25, 0.3) is 0 Å². The highest BCUT2D eigenvalue weighted by atomic mass is 16.6. The molecule has 1 fully saturated rings. The summed E-state index contributed by atoms with van der Waals surface area (Å²) >= 11 is 0. The number of carbonyl (C=O) groups excluding carboxylic acids is 1. The number of anilines is 1. The van der Waals surface area contributed by atoms with Crippen LogP contribution in [0.4, 0.5) is 5.82 Å². The molecule has 1 aromatic rings. The molecule has 0 saturated carbocycles. The van der Waals surface area contributed by atoms with E-state index >= 15 is 0 Å². The number of ether oxygens (including phenoxy) is 2.